The van der Waals surface area contributed by atoms with Crippen LogP contribution in [0.15, 0.2) is 90.2 Å². The van der Waals surface area contributed by atoms with E-state index in [4.69, 9.17) is 9.84 Å². The molecule has 1 heterocycles. The van der Waals surface area contributed by atoms with Gasteiger partial charge in [-0.25, -0.2) is 10.1 Å². The third-order valence-corrected chi connectivity index (χ3v) is 4.87. The van der Waals surface area contributed by atoms with Crippen LogP contribution in [0.2, 0.25) is 0 Å². The Morgan fingerprint density at radius 2 is 1.71 bits per heavy atom. The zero-order valence-electron chi connectivity index (χ0n) is 17.3. The highest BCUT2D eigenvalue weighted by Crippen LogP contribution is 2.23. The first kappa shape index (κ1) is 20.1. The van der Waals surface area contributed by atoms with Crippen molar-refractivity contribution in [3.8, 4) is 22.7 Å². The lowest BCUT2D eigenvalue weighted by Gasteiger charge is -2.04. The SMILES string of the molecule is COc1ccc(C(=O)N/N=C\c2cn(-c3ccccc3C)nc2-c2ccccc2)cc1. The molecule has 4 rings (SSSR count). The van der Waals surface area contributed by atoms with Gasteiger partial charge in [-0.1, -0.05) is 48.5 Å². The van der Waals surface area contributed by atoms with E-state index in [0.29, 0.717) is 11.3 Å². The Kier molecular flexibility index (Phi) is 5.89. The molecule has 1 N–H and O–H groups in total. The van der Waals surface area contributed by atoms with Crippen molar-refractivity contribution >= 4 is 12.1 Å². The summed E-state index contributed by atoms with van der Waals surface area (Å²) in [6, 6.07) is 24.8. The van der Waals surface area contributed by atoms with Crippen molar-refractivity contribution in [3.63, 3.8) is 0 Å². The molecular weight excluding hydrogens is 388 g/mol. The molecule has 1 aromatic heterocycles. The van der Waals surface area contributed by atoms with Crippen LogP contribution in [0.4, 0.5) is 0 Å². The second kappa shape index (κ2) is 9.09. The standard InChI is InChI=1S/C25H22N4O2/c1-18-8-6-7-11-23(18)29-17-21(24(28-29)19-9-4-3-5-10-19)16-26-27-25(30)20-12-14-22(31-2)15-13-20/h3-17H,1-2H3,(H,27,30)/b26-16-. The number of methoxy groups -OCH3 is 1. The molecule has 154 valence electrons. The molecule has 0 bridgehead atoms. The van der Waals surface area contributed by atoms with Gasteiger partial charge in [0.2, 0.25) is 0 Å². The number of aromatic nitrogens is 2. The molecule has 0 aliphatic rings. The topological polar surface area (TPSA) is 68.5 Å². The fourth-order valence-electron chi connectivity index (χ4n) is 3.21. The summed E-state index contributed by atoms with van der Waals surface area (Å²) in [5.74, 6) is 0.391. The summed E-state index contributed by atoms with van der Waals surface area (Å²) in [6.07, 6.45) is 3.53. The number of rotatable bonds is 6. The highest BCUT2D eigenvalue weighted by Gasteiger charge is 2.12. The minimum absolute atomic E-state index is 0.300. The number of aryl methyl sites for hydroxylation is 1. The molecule has 0 atom stereocenters. The molecule has 0 spiro atoms. The molecule has 0 aliphatic carbocycles. The molecule has 6 heteroatoms. The molecule has 0 fully saturated rings. The number of para-hydroxylation sites is 1. The van der Waals surface area contributed by atoms with Crippen LogP contribution in [0.3, 0.4) is 0 Å². The van der Waals surface area contributed by atoms with E-state index in [1.165, 1.54) is 0 Å². The Labute approximate surface area is 180 Å². The number of carbonyl (C=O) groups excluding carboxylic acids is 1. The van der Waals surface area contributed by atoms with Crippen molar-refractivity contribution in [1.82, 2.24) is 15.2 Å². The molecule has 3 aromatic carbocycles. The Morgan fingerprint density at radius 3 is 2.42 bits per heavy atom. The third-order valence-electron chi connectivity index (χ3n) is 4.87. The highest BCUT2D eigenvalue weighted by atomic mass is 16.5. The van der Waals surface area contributed by atoms with Gasteiger partial charge in [0.1, 0.15) is 11.4 Å². The highest BCUT2D eigenvalue weighted by molar-refractivity contribution is 5.95. The molecule has 31 heavy (non-hydrogen) atoms. The van der Waals surface area contributed by atoms with E-state index in [2.05, 4.69) is 10.5 Å². The molecule has 4 aromatic rings. The summed E-state index contributed by atoms with van der Waals surface area (Å²) >= 11 is 0. The first-order valence-electron chi connectivity index (χ1n) is 9.84. The summed E-state index contributed by atoms with van der Waals surface area (Å²) < 4.78 is 6.96. The Morgan fingerprint density at radius 1 is 1.00 bits per heavy atom. The van der Waals surface area contributed by atoms with Crippen molar-refractivity contribution in [2.45, 2.75) is 6.92 Å². The quantitative estimate of drug-likeness (QED) is 0.372. The van der Waals surface area contributed by atoms with E-state index in [0.717, 1.165) is 28.1 Å². The van der Waals surface area contributed by atoms with Gasteiger partial charge in [-0.2, -0.15) is 10.2 Å². The van der Waals surface area contributed by atoms with Crippen molar-refractivity contribution in [3.05, 3.63) is 102 Å². The number of benzene rings is 3. The van der Waals surface area contributed by atoms with Crippen LogP contribution in [-0.2, 0) is 0 Å². The van der Waals surface area contributed by atoms with Gasteiger partial charge in [0.05, 0.1) is 19.0 Å². The molecular formula is C25H22N4O2. The summed E-state index contributed by atoms with van der Waals surface area (Å²) in [5.41, 5.74) is 7.72. The normalized spacial score (nSPS) is 10.9. The van der Waals surface area contributed by atoms with Crippen LogP contribution in [0.25, 0.3) is 16.9 Å². The van der Waals surface area contributed by atoms with Crippen molar-refractivity contribution < 1.29 is 9.53 Å². The zero-order chi connectivity index (χ0) is 21.6. The van der Waals surface area contributed by atoms with E-state index in [1.54, 1.807) is 37.6 Å². The lowest BCUT2D eigenvalue weighted by Crippen LogP contribution is -2.17. The average molecular weight is 410 g/mol. The van der Waals surface area contributed by atoms with Crippen LogP contribution in [-0.4, -0.2) is 29.0 Å². The Bertz CT molecular complexity index is 1210. The van der Waals surface area contributed by atoms with Crippen molar-refractivity contribution in [2.24, 2.45) is 5.10 Å². The number of carbonyl (C=O) groups is 1. The second-order valence-corrected chi connectivity index (χ2v) is 6.96. The first-order chi connectivity index (χ1) is 15.2. The average Bonchev–Trinajstić information content (AvgIpc) is 3.24. The Balaban J connectivity index is 1.61. The lowest BCUT2D eigenvalue weighted by molar-refractivity contribution is 0.0955. The molecule has 0 aliphatic heterocycles. The third kappa shape index (κ3) is 4.53. The summed E-state index contributed by atoms with van der Waals surface area (Å²) in [5, 5.41) is 8.95. The number of nitrogens with zero attached hydrogens (tertiary/aromatic N) is 3. The van der Waals surface area contributed by atoms with Gasteiger partial charge < -0.3 is 4.74 Å². The van der Waals surface area contributed by atoms with E-state index < -0.39 is 0 Å². The van der Waals surface area contributed by atoms with Gasteiger partial charge in [-0.15, -0.1) is 0 Å². The molecule has 0 unspecified atom stereocenters. The van der Waals surface area contributed by atoms with Gasteiger partial charge in [0.25, 0.3) is 5.91 Å². The first-order valence-corrected chi connectivity index (χ1v) is 9.84. The second-order valence-electron chi connectivity index (χ2n) is 6.96. The predicted octanol–water partition coefficient (Wildman–Crippen LogP) is 4.62. The maximum absolute atomic E-state index is 12.4. The molecule has 0 saturated carbocycles. The van der Waals surface area contributed by atoms with E-state index in [9.17, 15) is 4.79 Å². The van der Waals surface area contributed by atoms with Gasteiger partial charge in [-0.3, -0.25) is 4.79 Å². The van der Waals surface area contributed by atoms with Crippen LogP contribution in [0, 0.1) is 6.92 Å². The maximum Gasteiger partial charge on any atom is 0.271 e. The molecule has 0 radical (unpaired) electrons. The minimum Gasteiger partial charge on any atom is -0.497 e. The number of hydrogen-bond acceptors (Lipinski definition) is 4. The van der Waals surface area contributed by atoms with Crippen molar-refractivity contribution in [2.75, 3.05) is 7.11 Å². The van der Waals surface area contributed by atoms with Gasteiger partial charge >= 0.3 is 0 Å². The smallest absolute Gasteiger partial charge is 0.271 e. The van der Waals surface area contributed by atoms with Gasteiger partial charge in [0.15, 0.2) is 0 Å². The van der Waals surface area contributed by atoms with Gasteiger partial charge in [-0.05, 0) is 42.8 Å². The minimum atomic E-state index is -0.300. The molecule has 0 saturated heterocycles. The van der Waals surface area contributed by atoms with Crippen molar-refractivity contribution in [1.29, 1.82) is 0 Å². The largest absolute Gasteiger partial charge is 0.497 e. The summed E-state index contributed by atoms with van der Waals surface area (Å²) in [7, 11) is 1.58. The monoisotopic (exact) mass is 410 g/mol. The van der Waals surface area contributed by atoms with Crippen LogP contribution in [0.5, 0.6) is 5.75 Å². The fraction of sp³-hybridized carbons (Fsp3) is 0.0800. The number of ether oxygens (including phenoxy) is 1. The van der Waals surface area contributed by atoms with Crippen LogP contribution < -0.4 is 10.2 Å². The van der Waals surface area contributed by atoms with Crippen LogP contribution >= 0.6 is 0 Å². The summed E-state index contributed by atoms with van der Waals surface area (Å²) in [4.78, 5) is 12.4. The predicted molar refractivity (Wildman–Crippen MR) is 122 cm³/mol. The fourth-order valence-corrected chi connectivity index (χ4v) is 3.21. The zero-order valence-corrected chi connectivity index (χ0v) is 17.3. The number of hydrogen-bond donors (Lipinski definition) is 1. The Hall–Kier alpha value is -4.19. The lowest BCUT2D eigenvalue weighted by atomic mass is 10.1. The molecule has 1 amide bonds. The summed E-state index contributed by atoms with van der Waals surface area (Å²) in [6.45, 7) is 2.04. The van der Waals surface area contributed by atoms with E-state index in [-0.39, 0.29) is 5.91 Å². The van der Waals surface area contributed by atoms with E-state index >= 15 is 0 Å². The molecule has 6 nitrogen and oxygen atoms in total. The maximum atomic E-state index is 12.4. The van der Waals surface area contributed by atoms with Gasteiger partial charge in [0, 0.05) is 22.9 Å². The number of nitrogens with one attached hydrogen (secondary N) is 1. The van der Waals surface area contributed by atoms with Crippen LogP contribution in [0.1, 0.15) is 21.5 Å². The van der Waals surface area contributed by atoms with E-state index in [1.807, 2.05) is 72.4 Å². The number of hydrazone groups is 1. The number of amides is 1.